The Morgan fingerprint density at radius 3 is 1.93 bits per heavy atom. The lowest BCUT2D eigenvalue weighted by molar-refractivity contribution is -0.141. The summed E-state index contributed by atoms with van der Waals surface area (Å²) in [4.78, 5) is 40.5. The number of anilines is 1. The Bertz CT molecular complexity index is 1430. The minimum absolute atomic E-state index is 0.00738. The van der Waals surface area contributed by atoms with Crippen molar-refractivity contribution in [3.05, 3.63) is 95.6 Å². The van der Waals surface area contributed by atoms with E-state index in [4.69, 9.17) is 0 Å². The number of nitrogens with one attached hydrogen (secondary N) is 2. The van der Waals surface area contributed by atoms with Gasteiger partial charge in [0.2, 0.25) is 11.8 Å². The van der Waals surface area contributed by atoms with Crippen molar-refractivity contribution in [2.24, 2.45) is 5.92 Å². The summed E-state index contributed by atoms with van der Waals surface area (Å²) >= 11 is 0. The third-order valence-corrected chi connectivity index (χ3v) is 8.01. The largest absolute Gasteiger partial charge is 0.343 e. The average molecular weight is 564 g/mol. The number of nitrogens with zero attached hydrogens (tertiary/aromatic N) is 1. The highest BCUT2D eigenvalue weighted by Gasteiger charge is 2.33. The van der Waals surface area contributed by atoms with Gasteiger partial charge in [0.1, 0.15) is 5.92 Å². The van der Waals surface area contributed by atoms with Gasteiger partial charge in [-0.2, -0.15) is 0 Å². The molecule has 0 fully saturated rings. The summed E-state index contributed by atoms with van der Waals surface area (Å²) in [5.74, 6) is -2.86. The smallest absolute Gasteiger partial charge is 0.264 e. The second kappa shape index (κ2) is 12.9. The molecular formula is C31H37N3O5S. The van der Waals surface area contributed by atoms with E-state index in [0.29, 0.717) is 29.9 Å². The SMILES string of the molecule is CCN(CC)C(=O)C(Cc1ccc(NC(=O)c2ccccc2)cc1)C(=O)NS(=O)(=O)c1ccc(C(C)(C)C)cc1. The van der Waals surface area contributed by atoms with E-state index in [1.54, 1.807) is 74.5 Å². The van der Waals surface area contributed by atoms with Crippen LogP contribution in [-0.4, -0.2) is 44.1 Å². The van der Waals surface area contributed by atoms with E-state index >= 15 is 0 Å². The number of carbonyl (C=O) groups excluding carboxylic acids is 3. The fourth-order valence-electron chi connectivity index (χ4n) is 4.20. The molecule has 1 unspecified atom stereocenters. The van der Waals surface area contributed by atoms with Crippen LogP contribution in [0.1, 0.15) is 56.1 Å². The van der Waals surface area contributed by atoms with Gasteiger partial charge in [0, 0.05) is 24.3 Å². The number of amides is 3. The van der Waals surface area contributed by atoms with E-state index in [2.05, 4.69) is 10.0 Å². The molecule has 2 N–H and O–H groups in total. The van der Waals surface area contributed by atoms with Crippen LogP contribution in [0, 0.1) is 5.92 Å². The summed E-state index contributed by atoms with van der Waals surface area (Å²) in [6.07, 6.45) is -0.00738. The lowest BCUT2D eigenvalue weighted by Crippen LogP contribution is -2.46. The third-order valence-electron chi connectivity index (χ3n) is 6.64. The molecule has 0 heterocycles. The first-order valence-corrected chi connectivity index (χ1v) is 14.7. The van der Waals surface area contributed by atoms with Crippen molar-refractivity contribution < 1.29 is 22.8 Å². The van der Waals surface area contributed by atoms with Crippen LogP contribution in [0.25, 0.3) is 0 Å². The van der Waals surface area contributed by atoms with Crippen molar-refractivity contribution in [1.82, 2.24) is 9.62 Å². The van der Waals surface area contributed by atoms with Crippen LogP contribution in [-0.2, 0) is 31.4 Å². The normalized spacial score (nSPS) is 12.3. The van der Waals surface area contributed by atoms with Crippen molar-refractivity contribution in [3.63, 3.8) is 0 Å². The Kier molecular flexibility index (Phi) is 9.87. The lowest BCUT2D eigenvalue weighted by atomic mass is 9.87. The van der Waals surface area contributed by atoms with Gasteiger partial charge in [-0.1, -0.05) is 63.2 Å². The highest BCUT2D eigenvalue weighted by molar-refractivity contribution is 7.90. The number of hydrogen-bond donors (Lipinski definition) is 2. The molecule has 0 aromatic heterocycles. The molecule has 3 rings (SSSR count). The van der Waals surface area contributed by atoms with E-state index in [9.17, 15) is 22.8 Å². The Morgan fingerprint density at radius 2 is 1.40 bits per heavy atom. The van der Waals surface area contributed by atoms with E-state index in [1.165, 1.54) is 17.0 Å². The summed E-state index contributed by atoms with van der Waals surface area (Å²) in [6.45, 7) is 10.4. The zero-order valence-electron chi connectivity index (χ0n) is 23.6. The van der Waals surface area contributed by atoms with Crippen molar-refractivity contribution in [3.8, 4) is 0 Å². The maximum Gasteiger partial charge on any atom is 0.264 e. The first kappa shape index (κ1) is 30.6. The van der Waals surface area contributed by atoms with Crippen LogP contribution in [0.5, 0.6) is 0 Å². The fraction of sp³-hybridized carbons (Fsp3) is 0.323. The molecule has 1 atom stereocenters. The van der Waals surface area contributed by atoms with Gasteiger partial charge in [-0.25, -0.2) is 13.1 Å². The van der Waals surface area contributed by atoms with Gasteiger partial charge in [0.25, 0.3) is 15.9 Å². The Labute approximate surface area is 236 Å². The topological polar surface area (TPSA) is 113 Å². The molecule has 0 spiro atoms. The number of rotatable bonds is 10. The number of benzene rings is 3. The van der Waals surface area contributed by atoms with Crippen LogP contribution in [0.4, 0.5) is 5.69 Å². The molecule has 3 aromatic rings. The van der Waals surface area contributed by atoms with Crippen molar-refractivity contribution >= 4 is 33.4 Å². The highest BCUT2D eigenvalue weighted by Crippen LogP contribution is 2.24. The second-order valence-electron chi connectivity index (χ2n) is 10.5. The highest BCUT2D eigenvalue weighted by atomic mass is 32.2. The van der Waals surface area contributed by atoms with Crippen LogP contribution in [0.3, 0.4) is 0 Å². The summed E-state index contributed by atoms with van der Waals surface area (Å²) in [7, 11) is -4.20. The molecule has 0 aliphatic heterocycles. The van der Waals surface area contributed by atoms with Gasteiger partial charge in [-0.15, -0.1) is 0 Å². The molecule has 8 nitrogen and oxygen atoms in total. The lowest BCUT2D eigenvalue weighted by Gasteiger charge is -2.25. The maximum atomic E-state index is 13.3. The van der Waals surface area contributed by atoms with E-state index in [-0.39, 0.29) is 22.6 Å². The maximum absolute atomic E-state index is 13.3. The molecule has 0 bridgehead atoms. The first-order chi connectivity index (χ1) is 18.9. The minimum Gasteiger partial charge on any atom is -0.343 e. The van der Waals surface area contributed by atoms with Gasteiger partial charge >= 0.3 is 0 Å². The predicted octanol–water partition coefficient (Wildman–Crippen LogP) is 4.77. The third kappa shape index (κ3) is 7.79. The van der Waals surface area contributed by atoms with Crippen LogP contribution in [0.15, 0.2) is 83.8 Å². The second-order valence-corrected chi connectivity index (χ2v) is 12.2. The number of carbonyl (C=O) groups is 3. The Balaban J connectivity index is 1.80. The van der Waals surface area contributed by atoms with Crippen LogP contribution >= 0.6 is 0 Å². The standard InChI is InChI=1S/C31H37N3O5S/c1-6-34(7-2)30(37)27(29(36)33-40(38,39)26-19-15-24(16-20-26)31(3,4)5)21-22-13-17-25(18-14-22)32-28(35)23-11-9-8-10-12-23/h8-20,27H,6-7,21H2,1-5H3,(H,32,35)(H,33,36). The molecule has 0 aliphatic rings. The van der Waals surface area contributed by atoms with Gasteiger partial charge in [-0.05, 0) is 73.2 Å². The van der Waals surface area contributed by atoms with Gasteiger partial charge < -0.3 is 10.2 Å². The molecule has 0 saturated heterocycles. The molecule has 0 radical (unpaired) electrons. The summed E-state index contributed by atoms with van der Waals surface area (Å²) < 4.78 is 28.2. The predicted molar refractivity (Wildman–Crippen MR) is 156 cm³/mol. The quantitative estimate of drug-likeness (QED) is 0.345. The van der Waals surface area contributed by atoms with Crippen LogP contribution < -0.4 is 10.0 Å². The first-order valence-electron chi connectivity index (χ1n) is 13.3. The van der Waals surface area contributed by atoms with Gasteiger partial charge in [0.05, 0.1) is 4.90 Å². The zero-order chi connectivity index (χ0) is 29.5. The van der Waals surface area contributed by atoms with E-state index in [0.717, 1.165) is 5.56 Å². The van der Waals surface area contributed by atoms with Crippen molar-refractivity contribution in [2.45, 2.75) is 51.3 Å². The van der Waals surface area contributed by atoms with Gasteiger partial charge in [-0.3, -0.25) is 14.4 Å². The molecule has 3 amide bonds. The number of hydrogen-bond acceptors (Lipinski definition) is 5. The summed E-state index contributed by atoms with van der Waals surface area (Å²) in [5, 5.41) is 2.81. The van der Waals surface area contributed by atoms with Crippen molar-refractivity contribution in [2.75, 3.05) is 18.4 Å². The fourth-order valence-corrected chi connectivity index (χ4v) is 5.22. The average Bonchev–Trinajstić information content (AvgIpc) is 2.93. The number of sulfonamides is 1. The Morgan fingerprint density at radius 1 is 0.825 bits per heavy atom. The van der Waals surface area contributed by atoms with Crippen LogP contribution in [0.2, 0.25) is 0 Å². The minimum atomic E-state index is -4.20. The zero-order valence-corrected chi connectivity index (χ0v) is 24.4. The van der Waals surface area contributed by atoms with E-state index in [1.807, 2.05) is 26.8 Å². The molecular weight excluding hydrogens is 526 g/mol. The summed E-state index contributed by atoms with van der Waals surface area (Å²) in [5.41, 5.74) is 2.51. The van der Waals surface area contributed by atoms with E-state index < -0.39 is 27.8 Å². The molecule has 40 heavy (non-hydrogen) atoms. The van der Waals surface area contributed by atoms with Crippen molar-refractivity contribution in [1.29, 1.82) is 0 Å². The molecule has 212 valence electrons. The Hall–Kier alpha value is -3.98. The molecule has 0 saturated carbocycles. The van der Waals surface area contributed by atoms with Gasteiger partial charge in [0.15, 0.2) is 0 Å². The molecule has 9 heteroatoms. The monoisotopic (exact) mass is 563 g/mol. The summed E-state index contributed by atoms with van der Waals surface area (Å²) in [6, 6.07) is 21.9. The molecule has 3 aromatic carbocycles. The molecule has 0 aliphatic carbocycles.